The van der Waals surface area contributed by atoms with Crippen molar-refractivity contribution < 1.29 is 24.0 Å². The van der Waals surface area contributed by atoms with Gasteiger partial charge in [0.25, 0.3) is 5.91 Å². The molecule has 156 valence electrons. The highest BCUT2D eigenvalue weighted by Crippen LogP contribution is 2.39. The minimum absolute atomic E-state index is 0.261. The van der Waals surface area contributed by atoms with Crippen molar-refractivity contribution in [1.82, 2.24) is 10.2 Å². The third-order valence-electron chi connectivity index (χ3n) is 4.80. The SMILES string of the molecule is CCC(C)OC(=O)c1c(NC(=O)c2[nH]nc(OC)c2[N+](=O)[O-])sc2c1CCCC2. The number of aromatic amines is 1. The first-order chi connectivity index (χ1) is 13.9. The second-order valence-corrected chi connectivity index (χ2v) is 7.81. The number of nitro groups is 1. The molecule has 11 heteroatoms. The number of H-pyrrole nitrogens is 1. The molecular weight excluding hydrogens is 400 g/mol. The van der Waals surface area contributed by atoms with E-state index in [4.69, 9.17) is 9.47 Å². The number of carbonyl (C=O) groups is 2. The van der Waals surface area contributed by atoms with Crippen molar-refractivity contribution in [2.45, 2.75) is 52.1 Å². The van der Waals surface area contributed by atoms with Gasteiger partial charge >= 0.3 is 17.5 Å². The molecular formula is C18H22N4O6S. The van der Waals surface area contributed by atoms with Crippen molar-refractivity contribution in [1.29, 1.82) is 0 Å². The summed E-state index contributed by atoms with van der Waals surface area (Å²) in [4.78, 5) is 37.2. The highest BCUT2D eigenvalue weighted by Gasteiger charge is 2.33. The number of methoxy groups -OCH3 is 1. The molecule has 1 amide bonds. The number of nitrogens with one attached hydrogen (secondary N) is 2. The molecule has 2 heterocycles. The summed E-state index contributed by atoms with van der Waals surface area (Å²) < 4.78 is 10.3. The summed E-state index contributed by atoms with van der Waals surface area (Å²) in [6.07, 6.45) is 3.90. The lowest BCUT2D eigenvalue weighted by Gasteiger charge is -2.15. The Hall–Kier alpha value is -2.95. The van der Waals surface area contributed by atoms with Crippen LogP contribution in [-0.4, -0.2) is 40.2 Å². The van der Waals surface area contributed by atoms with Crippen molar-refractivity contribution >= 4 is 33.9 Å². The highest BCUT2D eigenvalue weighted by molar-refractivity contribution is 7.17. The van der Waals surface area contributed by atoms with Crippen molar-refractivity contribution in [3.05, 3.63) is 31.8 Å². The van der Waals surface area contributed by atoms with Crippen molar-refractivity contribution in [3.63, 3.8) is 0 Å². The van der Waals surface area contributed by atoms with Gasteiger partial charge in [0.2, 0.25) is 5.69 Å². The molecule has 0 aromatic carbocycles. The van der Waals surface area contributed by atoms with E-state index in [1.807, 2.05) is 6.92 Å². The van der Waals surface area contributed by atoms with Gasteiger partial charge in [-0.15, -0.1) is 16.4 Å². The van der Waals surface area contributed by atoms with Crippen molar-refractivity contribution in [3.8, 4) is 5.88 Å². The fourth-order valence-electron chi connectivity index (χ4n) is 3.15. The number of rotatable bonds is 7. The van der Waals surface area contributed by atoms with E-state index in [2.05, 4.69) is 15.5 Å². The molecule has 2 aromatic heterocycles. The number of esters is 1. The van der Waals surface area contributed by atoms with Crippen LogP contribution in [0.25, 0.3) is 0 Å². The molecule has 1 atom stereocenters. The van der Waals surface area contributed by atoms with Gasteiger partial charge in [-0.1, -0.05) is 6.92 Å². The second kappa shape index (κ2) is 8.60. The highest BCUT2D eigenvalue weighted by atomic mass is 32.1. The van der Waals surface area contributed by atoms with Gasteiger partial charge in [-0.25, -0.2) is 4.79 Å². The van der Waals surface area contributed by atoms with Crippen LogP contribution in [0.5, 0.6) is 5.88 Å². The predicted octanol–water partition coefficient (Wildman–Crippen LogP) is 3.47. The summed E-state index contributed by atoms with van der Waals surface area (Å²) in [6.45, 7) is 3.71. The summed E-state index contributed by atoms with van der Waals surface area (Å²) in [5.41, 5.74) is 0.323. The first kappa shape index (κ1) is 20.8. The number of hydrogen-bond acceptors (Lipinski definition) is 8. The van der Waals surface area contributed by atoms with Gasteiger partial charge < -0.3 is 14.8 Å². The molecule has 0 fully saturated rings. The summed E-state index contributed by atoms with van der Waals surface area (Å²) in [6, 6.07) is 0. The number of anilines is 1. The number of amides is 1. The van der Waals surface area contributed by atoms with Gasteiger partial charge in [0.1, 0.15) is 5.00 Å². The van der Waals surface area contributed by atoms with Gasteiger partial charge in [-0.2, -0.15) is 0 Å². The number of hydrogen-bond donors (Lipinski definition) is 2. The van der Waals surface area contributed by atoms with Crippen LogP contribution in [-0.2, 0) is 17.6 Å². The van der Waals surface area contributed by atoms with Crippen LogP contribution in [0, 0.1) is 10.1 Å². The number of aryl methyl sites for hydroxylation is 1. The minimum Gasteiger partial charge on any atom is -0.475 e. The van der Waals surface area contributed by atoms with E-state index in [-0.39, 0.29) is 17.7 Å². The Kier molecular flexibility index (Phi) is 6.16. The number of thiophene rings is 1. The minimum atomic E-state index is -0.774. The Morgan fingerprint density at radius 3 is 2.76 bits per heavy atom. The van der Waals surface area contributed by atoms with Crippen LogP contribution in [0.3, 0.4) is 0 Å². The molecule has 1 aliphatic rings. The lowest BCUT2D eigenvalue weighted by Crippen LogP contribution is -2.19. The maximum Gasteiger partial charge on any atom is 0.362 e. The van der Waals surface area contributed by atoms with E-state index in [1.165, 1.54) is 18.4 Å². The van der Waals surface area contributed by atoms with E-state index in [9.17, 15) is 19.7 Å². The molecule has 10 nitrogen and oxygen atoms in total. The molecule has 0 radical (unpaired) electrons. The molecule has 0 spiro atoms. The Labute approximate surface area is 170 Å². The first-order valence-corrected chi connectivity index (χ1v) is 10.1. The smallest absolute Gasteiger partial charge is 0.362 e. The molecule has 2 N–H and O–H groups in total. The zero-order valence-electron chi connectivity index (χ0n) is 16.4. The molecule has 2 aromatic rings. The largest absolute Gasteiger partial charge is 0.475 e. The molecule has 0 bridgehead atoms. The maximum atomic E-state index is 12.8. The topological polar surface area (TPSA) is 136 Å². The fourth-order valence-corrected chi connectivity index (χ4v) is 4.42. The van der Waals surface area contributed by atoms with E-state index < -0.39 is 22.5 Å². The Morgan fingerprint density at radius 1 is 1.38 bits per heavy atom. The summed E-state index contributed by atoms with van der Waals surface area (Å²) in [5.74, 6) is -1.56. The molecule has 1 unspecified atom stereocenters. The third kappa shape index (κ3) is 4.09. The van der Waals surface area contributed by atoms with E-state index in [1.54, 1.807) is 6.92 Å². The van der Waals surface area contributed by atoms with Crippen LogP contribution in [0.2, 0.25) is 0 Å². The zero-order chi connectivity index (χ0) is 21.1. The molecule has 3 rings (SSSR count). The van der Waals surface area contributed by atoms with Crippen molar-refractivity contribution in [2.75, 3.05) is 12.4 Å². The van der Waals surface area contributed by atoms with E-state index >= 15 is 0 Å². The van der Waals surface area contributed by atoms with Gasteiger partial charge in [0.15, 0.2) is 0 Å². The van der Waals surface area contributed by atoms with Crippen LogP contribution >= 0.6 is 11.3 Å². The summed E-state index contributed by atoms with van der Waals surface area (Å²) in [7, 11) is 1.22. The predicted molar refractivity (Wildman–Crippen MR) is 106 cm³/mol. The molecule has 0 saturated heterocycles. The zero-order valence-corrected chi connectivity index (χ0v) is 17.2. The van der Waals surface area contributed by atoms with E-state index in [0.717, 1.165) is 36.1 Å². The number of fused-ring (bicyclic) bond motifs is 1. The summed E-state index contributed by atoms with van der Waals surface area (Å²) >= 11 is 1.31. The number of nitrogens with zero attached hydrogens (tertiary/aromatic N) is 2. The third-order valence-corrected chi connectivity index (χ3v) is 6.00. The number of ether oxygens (including phenoxy) is 2. The Bertz CT molecular complexity index is 951. The van der Waals surface area contributed by atoms with Gasteiger partial charge in [-0.3, -0.25) is 20.0 Å². The lowest BCUT2D eigenvalue weighted by atomic mass is 9.95. The second-order valence-electron chi connectivity index (χ2n) is 6.71. The van der Waals surface area contributed by atoms with Crippen LogP contribution in [0.4, 0.5) is 10.7 Å². The molecule has 1 aliphatic carbocycles. The number of carbonyl (C=O) groups excluding carboxylic acids is 2. The summed E-state index contributed by atoms with van der Waals surface area (Å²) in [5, 5.41) is 20.3. The molecule has 0 saturated carbocycles. The van der Waals surface area contributed by atoms with Gasteiger partial charge in [-0.05, 0) is 44.6 Å². The molecule has 29 heavy (non-hydrogen) atoms. The standard InChI is InChI=1S/C18H22N4O6S/c1-4-9(2)28-18(24)12-10-7-5-6-8-11(10)29-17(12)19-15(23)13-14(22(25)26)16(27-3)21-20-13/h9H,4-8H2,1-3H3,(H,19,23)(H,20,21). The number of aromatic nitrogens is 2. The average Bonchev–Trinajstić information content (AvgIpc) is 3.28. The monoisotopic (exact) mass is 422 g/mol. The fraction of sp³-hybridized carbons (Fsp3) is 0.500. The molecule has 0 aliphatic heterocycles. The van der Waals surface area contributed by atoms with Gasteiger partial charge in [0, 0.05) is 4.88 Å². The first-order valence-electron chi connectivity index (χ1n) is 9.30. The maximum absolute atomic E-state index is 12.8. The van der Waals surface area contributed by atoms with Gasteiger partial charge in [0.05, 0.1) is 23.7 Å². The van der Waals surface area contributed by atoms with E-state index in [0.29, 0.717) is 17.0 Å². The average molecular weight is 422 g/mol. The van der Waals surface area contributed by atoms with Crippen LogP contribution in [0.15, 0.2) is 0 Å². The Balaban J connectivity index is 1.96. The Morgan fingerprint density at radius 2 is 2.10 bits per heavy atom. The van der Waals surface area contributed by atoms with Crippen LogP contribution in [0.1, 0.15) is 64.4 Å². The lowest BCUT2D eigenvalue weighted by molar-refractivity contribution is -0.386. The quantitative estimate of drug-likeness (QED) is 0.396. The normalized spacial score (nSPS) is 14.0. The van der Waals surface area contributed by atoms with Crippen molar-refractivity contribution in [2.24, 2.45) is 0 Å². The van der Waals surface area contributed by atoms with Crippen LogP contribution < -0.4 is 10.1 Å².